The molecule has 2 saturated heterocycles. The first-order valence-corrected chi connectivity index (χ1v) is 7.35. The number of hydrogen-bond acceptors (Lipinski definition) is 3. The monoisotopic (exact) mass is 271 g/mol. The second kappa shape index (κ2) is 6.68. The van der Waals surface area contributed by atoms with E-state index in [1.165, 1.54) is 25.8 Å². The molecule has 2 fully saturated rings. The Bertz CT molecular complexity index is 287. The van der Waals surface area contributed by atoms with Gasteiger partial charge in [-0.15, -0.1) is 0 Å². The Hall–Kier alpha value is -0.390. The Labute approximate surface area is 116 Å². The molecule has 2 unspecified atom stereocenters. The Balaban J connectivity index is 1.81. The predicted octanol–water partition coefficient (Wildman–Crippen LogP) is 0.923. The summed E-state index contributed by atoms with van der Waals surface area (Å²) in [6, 6.07) is 0.775. The molecule has 0 aliphatic carbocycles. The number of thiocarbonyl (C=S) groups is 1. The fourth-order valence-corrected chi connectivity index (χ4v) is 3.48. The van der Waals surface area contributed by atoms with Gasteiger partial charge in [-0.25, -0.2) is 0 Å². The van der Waals surface area contributed by atoms with E-state index in [1.807, 2.05) is 0 Å². The van der Waals surface area contributed by atoms with Crippen molar-refractivity contribution in [3.8, 4) is 0 Å². The maximum Gasteiger partial charge on any atom is 0.169 e. The second-order valence-corrected chi connectivity index (χ2v) is 5.80. The largest absolute Gasteiger partial charge is 0.383 e. The van der Waals surface area contributed by atoms with Gasteiger partial charge in [-0.05, 0) is 51.0 Å². The van der Waals surface area contributed by atoms with Gasteiger partial charge in [-0.2, -0.15) is 0 Å². The maximum atomic E-state index is 5.46. The highest BCUT2D eigenvalue weighted by Gasteiger charge is 2.34. The first-order valence-electron chi connectivity index (χ1n) is 6.94. The number of rotatable bonds is 3. The molecule has 0 aromatic heterocycles. The summed E-state index contributed by atoms with van der Waals surface area (Å²) >= 11 is 5.46. The number of nitrogens with one attached hydrogen (secondary N) is 1. The summed E-state index contributed by atoms with van der Waals surface area (Å²) in [5.74, 6) is 0.791. The van der Waals surface area contributed by atoms with Gasteiger partial charge in [-0.1, -0.05) is 0 Å². The third-order valence-corrected chi connectivity index (χ3v) is 4.62. The summed E-state index contributed by atoms with van der Waals surface area (Å²) in [6.45, 7) is 4.98. The molecule has 18 heavy (non-hydrogen) atoms. The average molecular weight is 271 g/mol. The number of nitrogens with zero attached hydrogens (tertiary/aromatic N) is 2. The summed E-state index contributed by atoms with van der Waals surface area (Å²) in [7, 11) is 3.98. The molecule has 0 spiro atoms. The topological polar surface area (TPSA) is 27.7 Å². The molecule has 2 atom stereocenters. The third-order valence-electron chi connectivity index (χ3n) is 4.22. The highest BCUT2D eigenvalue weighted by Crippen LogP contribution is 2.29. The molecule has 4 nitrogen and oxygen atoms in total. The van der Waals surface area contributed by atoms with Crippen LogP contribution in [0.15, 0.2) is 0 Å². The fourth-order valence-electron chi connectivity index (χ4n) is 3.21. The van der Waals surface area contributed by atoms with Crippen LogP contribution in [0.2, 0.25) is 0 Å². The van der Waals surface area contributed by atoms with Gasteiger partial charge in [0.1, 0.15) is 0 Å². The predicted molar refractivity (Wildman–Crippen MR) is 77.8 cm³/mol. The van der Waals surface area contributed by atoms with E-state index in [-0.39, 0.29) is 0 Å². The van der Waals surface area contributed by atoms with E-state index in [9.17, 15) is 0 Å². The van der Waals surface area contributed by atoms with Crippen LogP contribution in [-0.4, -0.2) is 67.9 Å². The molecule has 0 aromatic rings. The average Bonchev–Trinajstić information content (AvgIpc) is 2.39. The lowest BCUT2D eigenvalue weighted by atomic mass is 9.84. The number of likely N-dealkylation sites (tertiary alicyclic amines) is 2. The summed E-state index contributed by atoms with van der Waals surface area (Å²) < 4.78 is 5.03. The Morgan fingerprint density at radius 3 is 3.00 bits per heavy atom. The van der Waals surface area contributed by atoms with Crippen LogP contribution in [-0.2, 0) is 4.74 Å². The van der Waals surface area contributed by atoms with Crippen LogP contribution < -0.4 is 5.32 Å². The van der Waals surface area contributed by atoms with Gasteiger partial charge in [0.2, 0.25) is 0 Å². The Morgan fingerprint density at radius 1 is 1.39 bits per heavy atom. The molecule has 0 aromatic carbocycles. The van der Waals surface area contributed by atoms with Crippen molar-refractivity contribution in [2.24, 2.45) is 5.92 Å². The molecule has 1 N–H and O–H groups in total. The SMILES string of the molecule is COCCNC(=S)N1CCC2C(CCCN2C)C1. The summed E-state index contributed by atoms with van der Waals surface area (Å²) in [6.07, 6.45) is 3.93. The minimum atomic E-state index is 0.711. The third kappa shape index (κ3) is 3.33. The highest BCUT2D eigenvalue weighted by atomic mass is 32.1. The molecule has 0 saturated carbocycles. The van der Waals surface area contributed by atoms with Gasteiger partial charge in [-0.3, -0.25) is 0 Å². The molecule has 2 aliphatic rings. The van der Waals surface area contributed by atoms with Crippen LogP contribution in [0.5, 0.6) is 0 Å². The maximum absolute atomic E-state index is 5.46. The Morgan fingerprint density at radius 2 is 2.22 bits per heavy atom. The van der Waals surface area contributed by atoms with Crippen molar-refractivity contribution >= 4 is 17.3 Å². The first-order chi connectivity index (χ1) is 8.72. The van der Waals surface area contributed by atoms with E-state index < -0.39 is 0 Å². The molecule has 0 amide bonds. The lowest BCUT2D eigenvalue weighted by Crippen LogP contribution is -2.55. The molecular weight excluding hydrogens is 246 g/mol. The fraction of sp³-hybridized carbons (Fsp3) is 0.923. The lowest BCUT2D eigenvalue weighted by molar-refractivity contribution is 0.0628. The highest BCUT2D eigenvalue weighted by molar-refractivity contribution is 7.80. The number of piperidine rings is 2. The number of methoxy groups -OCH3 is 1. The second-order valence-electron chi connectivity index (χ2n) is 5.41. The lowest BCUT2D eigenvalue weighted by Gasteiger charge is -2.46. The van der Waals surface area contributed by atoms with Gasteiger partial charge in [0.25, 0.3) is 0 Å². The van der Waals surface area contributed by atoms with Crippen LogP contribution in [0.25, 0.3) is 0 Å². The normalized spacial score (nSPS) is 28.9. The van der Waals surface area contributed by atoms with Gasteiger partial charge in [0.05, 0.1) is 6.61 Å². The molecule has 2 rings (SSSR count). The number of hydrogen-bond donors (Lipinski definition) is 1. The van der Waals surface area contributed by atoms with Crippen molar-refractivity contribution in [2.75, 3.05) is 46.9 Å². The van der Waals surface area contributed by atoms with Crippen LogP contribution in [0.3, 0.4) is 0 Å². The molecule has 2 aliphatic heterocycles. The summed E-state index contributed by atoms with van der Waals surface area (Å²) in [4.78, 5) is 4.87. The van der Waals surface area contributed by atoms with Crippen LogP contribution >= 0.6 is 12.2 Å². The smallest absolute Gasteiger partial charge is 0.169 e. The van der Waals surface area contributed by atoms with E-state index >= 15 is 0 Å². The van der Waals surface area contributed by atoms with Crippen molar-refractivity contribution in [1.82, 2.24) is 15.1 Å². The van der Waals surface area contributed by atoms with Gasteiger partial charge in [0.15, 0.2) is 5.11 Å². The minimum Gasteiger partial charge on any atom is -0.383 e. The van der Waals surface area contributed by atoms with Crippen molar-refractivity contribution in [1.29, 1.82) is 0 Å². The summed E-state index contributed by atoms with van der Waals surface area (Å²) in [5.41, 5.74) is 0. The van der Waals surface area contributed by atoms with E-state index in [1.54, 1.807) is 7.11 Å². The zero-order valence-electron chi connectivity index (χ0n) is 11.5. The zero-order chi connectivity index (χ0) is 13.0. The van der Waals surface area contributed by atoms with E-state index in [0.29, 0.717) is 6.61 Å². The number of fused-ring (bicyclic) bond motifs is 1. The standard InChI is InChI=1S/C13H25N3OS/c1-15-7-3-4-11-10-16(8-5-12(11)15)13(18)14-6-9-17-2/h11-12H,3-10H2,1-2H3,(H,14,18). The van der Waals surface area contributed by atoms with Crippen molar-refractivity contribution < 1.29 is 4.74 Å². The van der Waals surface area contributed by atoms with Gasteiger partial charge >= 0.3 is 0 Å². The quantitative estimate of drug-likeness (QED) is 0.609. The van der Waals surface area contributed by atoms with Crippen molar-refractivity contribution in [3.05, 3.63) is 0 Å². The first kappa shape index (κ1) is 14.0. The minimum absolute atomic E-state index is 0.711. The van der Waals surface area contributed by atoms with E-state index in [0.717, 1.165) is 36.7 Å². The zero-order valence-corrected chi connectivity index (χ0v) is 12.3. The Kier molecular flexibility index (Phi) is 5.21. The van der Waals surface area contributed by atoms with Crippen molar-refractivity contribution in [3.63, 3.8) is 0 Å². The van der Waals surface area contributed by atoms with Crippen LogP contribution in [0.1, 0.15) is 19.3 Å². The van der Waals surface area contributed by atoms with Gasteiger partial charge < -0.3 is 19.9 Å². The molecular formula is C13H25N3OS. The number of ether oxygens (including phenoxy) is 1. The molecule has 0 radical (unpaired) electrons. The van der Waals surface area contributed by atoms with E-state index in [2.05, 4.69) is 22.2 Å². The van der Waals surface area contributed by atoms with Gasteiger partial charge in [0, 0.05) is 32.8 Å². The van der Waals surface area contributed by atoms with Crippen LogP contribution in [0, 0.1) is 5.92 Å². The molecule has 0 bridgehead atoms. The molecule has 104 valence electrons. The van der Waals surface area contributed by atoms with Crippen LogP contribution in [0.4, 0.5) is 0 Å². The molecule has 2 heterocycles. The van der Waals surface area contributed by atoms with Crippen molar-refractivity contribution in [2.45, 2.75) is 25.3 Å². The van der Waals surface area contributed by atoms with E-state index in [4.69, 9.17) is 17.0 Å². The molecule has 5 heteroatoms. The summed E-state index contributed by atoms with van der Waals surface area (Å²) in [5, 5.41) is 4.18.